The molecule has 92 valence electrons. The first kappa shape index (κ1) is 11.4. The molecular formula is C14H19ClN2. The summed E-state index contributed by atoms with van der Waals surface area (Å²) in [6.07, 6.45) is 5.18. The molecule has 2 aliphatic rings. The number of hydrogen-bond acceptors (Lipinski definition) is 2. The molecular weight excluding hydrogens is 232 g/mol. The van der Waals surface area contributed by atoms with Gasteiger partial charge in [0.2, 0.25) is 0 Å². The summed E-state index contributed by atoms with van der Waals surface area (Å²) in [5.74, 6) is 0.597. The highest BCUT2D eigenvalue weighted by atomic mass is 35.5. The van der Waals surface area contributed by atoms with Gasteiger partial charge in [-0.05, 0) is 42.5 Å². The van der Waals surface area contributed by atoms with E-state index in [1.54, 1.807) is 0 Å². The molecule has 1 aromatic carbocycles. The molecule has 1 aliphatic heterocycles. The minimum absolute atomic E-state index is 0.158. The third kappa shape index (κ3) is 1.74. The Labute approximate surface area is 108 Å². The van der Waals surface area contributed by atoms with Gasteiger partial charge in [0.15, 0.2) is 0 Å². The van der Waals surface area contributed by atoms with Gasteiger partial charge in [-0.3, -0.25) is 0 Å². The zero-order valence-electron chi connectivity index (χ0n) is 10.2. The molecule has 3 unspecified atom stereocenters. The molecule has 2 nitrogen and oxygen atoms in total. The average molecular weight is 251 g/mol. The maximum absolute atomic E-state index is 6.45. The Bertz CT molecular complexity index is 432. The molecule has 17 heavy (non-hydrogen) atoms. The van der Waals surface area contributed by atoms with Gasteiger partial charge in [-0.1, -0.05) is 24.4 Å². The topological polar surface area (TPSA) is 29.3 Å². The Hall–Kier alpha value is -0.730. The van der Waals surface area contributed by atoms with Crippen molar-refractivity contribution in [2.45, 2.75) is 37.8 Å². The van der Waals surface area contributed by atoms with E-state index in [1.165, 1.54) is 36.9 Å². The number of nitrogens with zero attached hydrogens (tertiary/aromatic N) is 1. The Morgan fingerprint density at radius 2 is 2.06 bits per heavy atom. The maximum Gasteiger partial charge on any atom is 0.0415 e. The summed E-state index contributed by atoms with van der Waals surface area (Å²) in [7, 11) is 2.20. The number of benzene rings is 1. The summed E-state index contributed by atoms with van der Waals surface area (Å²) in [5, 5.41) is 0.793. The van der Waals surface area contributed by atoms with E-state index in [0.717, 1.165) is 5.02 Å². The first-order valence-corrected chi connectivity index (χ1v) is 6.84. The van der Waals surface area contributed by atoms with Gasteiger partial charge in [0.25, 0.3) is 0 Å². The first-order chi connectivity index (χ1) is 8.18. The summed E-state index contributed by atoms with van der Waals surface area (Å²) in [6.45, 7) is 0. The second kappa shape index (κ2) is 4.18. The van der Waals surface area contributed by atoms with Crippen molar-refractivity contribution < 1.29 is 0 Å². The van der Waals surface area contributed by atoms with Crippen LogP contribution in [0.1, 0.15) is 37.3 Å². The zero-order valence-corrected chi connectivity index (χ0v) is 11.0. The number of anilines is 1. The monoisotopic (exact) mass is 250 g/mol. The van der Waals surface area contributed by atoms with Crippen molar-refractivity contribution in [3.8, 4) is 0 Å². The number of nitrogens with two attached hydrogens (primary N) is 1. The van der Waals surface area contributed by atoms with Gasteiger partial charge in [0.1, 0.15) is 0 Å². The van der Waals surface area contributed by atoms with Crippen molar-refractivity contribution in [1.29, 1.82) is 0 Å². The summed E-state index contributed by atoms with van der Waals surface area (Å²) >= 11 is 6.09. The van der Waals surface area contributed by atoms with E-state index in [9.17, 15) is 0 Å². The Morgan fingerprint density at radius 3 is 2.88 bits per heavy atom. The third-order valence-electron chi connectivity index (χ3n) is 4.47. The van der Waals surface area contributed by atoms with Gasteiger partial charge in [-0.15, -0.1) is 0 Å². The molecule has 0 spiro atoms. The summed E-state index contributed by atoms with van der Waals surface area (Å²) in [5.41, 5.74) is 8.94. The zero-order chi connectivity index (χ0) is 12.0. The van der Waals surface area contributed by atoms with Crippen molar-refractivity contribution in [2.75, 3.05) is 11.9 Å². The molecule has 1 aliphatic carbocycles. The Balaban J connectivity index is 2.07. The molecule has 0 amide bonds. The fourth-order valence-corrected chi connectivity index (χ4v) is 3.74. The molecule has 1 aromatic rings. The lowest BCUT2D eigenvalue weighted by atomic mass is 9.74. The van der Waals surface area contributed by atoms with Crippen LogP contribution in [-0.2, 0) is 0 Å². The van der Waals surface area contributed by atoms with Gasteiger partial charge in [-0.25, -0.2) is 0 Å². The molecule has 3 atom stereocenters. The molecule has 0 saturated heterocycles. The van der Waals surface area contributed by atoms with Crippen LogP contribution in [0.4, 0.5) is 5.69 Å². The fraction of sp³-hybridized carbons (Fsp3) is 0.571. The highest BCUT2D eigenvalue weighted by molar-refractivity contribution is 6.30. The largest absolute Gasteiger partial charge is 0.371 e. The van der Waals surface area contributed by atoms with Crippen LogP contribution in [-0.4, -0.2) is 13.1 Å². The molecule has 0 radical (unpaired) electrons. The van der Waals surface area contributed by atoms with Crippen molar-refractivity contribution >= 4 is 17.3 Å². The first-order valence-electron chi connectivity index (χ1n) is 6.46. The average Bonchev–Trinajstić information content (AvgIpc) is 2.36. The van der Waals surface area contributed by atoms with Crippen LogP contribution in [0, 0.1) is 5.92 Å². The number of halogens is 1. The molecule has 3 heteroatoms. The highest BCUT2D eigenvalue weighted by Gasteiger charge is 2.38. The number of rotatable bonds is 0. The van der Waals surface area contributed by atoms with Crippen LogP contribution in [0.15, 0.2) is 18.2 Å². The number of hydrogen-bond donors (Lipinski definition) is 1. The Morgan fingerprint density at radius 1 is 1.29 bits per heavy atom. The van der Waals surface area contributed by atoms with E-state index in [4.69, 9.17) is 17.3 Å². The molecule has 0 bridgehead atoms. The van der Waals surface area contributed by atoms with Crippen LogP contribution < -0.4 is 10.6 Å². The Kier molecular flexibility index (Phi) is 2.80. The van der Waals surface area contributed by atoms with Crippen LogP contribution in [0.25, 0.3) is 0 Å². The normalized spacial score (nSPS) is 31.9. The van der Waals surface area contributed by atoms with Gasteiger partial charge >= 0.3 is 0 Å². The van der Waals surface area contributed by atoms with E-state index in [-0.39, 0.29) is 6.04 Å². The van der Waals surface area contributed by atoms with Crippen molar-refractivity contribution in [2.24, 2.45) is 11.7 Å². The third-order valence-corrected chi connectivity index (χ3v) is 4.70. The second-order valence-electron chi connectivity index (χ2n) is 5.36. The molecule has 0 aromatic heterocycles. The van der Waals surface area contributed by atoms with Crippen LogP contribution in [0.5, 0.6) is 0 Å². The second-order valence-corrected chi connectivity index (χ2v) is 5.79. The van der Waals surface area contributed by atoms with Crippen LogP contribution in [0.3, 0.4) is 0 Å². The maximum atomic E-state index is 6.45. The van der Waals surface area contributed by atoms with E-state index in [0.29, 0.717) is 12.0 Å². The smallest absolute Gasteiger partial charge is 0.0415 e. The SMILES string of the molecule is CN1c2ccc(Cl)cc2C(N)C2CCCCC21. The predicted molar refractivity (Wildman–Crippen MR) is 72.5 cm³/mol. The van der Waals surface area contributed by atoms with Gasteiger partial charge in [0.05, 0.1) is 0 Å². The summed E-state index contributed by atoms with van der Waals surface area (Å²) < 4.78 is 0. The fourth-order valence-electron chi connectivity index (χ4n) is 3.56. The summed E-state index contributed by atoms with van der Waals surface area (Å²) in [4.78, 5) is 2.42. The molecule has 1 heterocycles. The highest BCUT2D eigenvalue weighted by Crippen LogP contribution is 2.45. The van der Waals surface area contributed by atoms with E-state index in [2.05, 4.69) is 18.0 Å². The van der Waals surface area contributed by atoms with Crippen molar-refractivity contribution in [3.05, 3.63) is 28.8 Å². The van der Waals surface area contributed by atoms with Crippen molar-refractivity contribution in [3.63, 3.8) is 0 Å². The standard InChI is InChI=1S/C14H19ClN2/c1-17-12-5-3-2-4-10(12)14(16)11-8-9(15)6-7-13(11)17/h6-8,10,12,14H,2-5,16H2,1H3. The minimum atomic E-state index is 0.158. The lowest BCUT2D eigenvalue weighted by Gasteiger charge is -2.47. The molecule has 2 N–H and O–H groups in total. The molecule has 1 fully saturated rings. The lowest BCUT2D eigenvalue weighted by Crippen LogP contribution is -2.48. The van der Waals surface area contributed by atoms with E-state index < -0.39 is 0 Å². The van der Waals surface area contributed by atoms with Gasteiger partial charge in [-0.2, -0.15) is 0 Å². The minimum Gasteiger partial charge on any atom is -0.371 e. The van der Waals surface area contributed by atoms with Crippen LogP contribution in [0.2, 0.25) is 5.02 Å². The molecule has 1 saturated carbocycles. The quantitative estimate of drug-likeness (QED) is 0.765. The lowest BCUT2D eigenvalue weighted by molar-refractivity contribution is 0.246. The van der Waals surface area contributed by atoms with Crippen molar-refractivity contribution in [1.82, 2.24) is 0 Å². The van der Waals surface area contributed by atoms with Gasteiger partial charge in [0, 0.05) is 29.8 Å². The van der Waals surface area contributed by atoms with E-state index in [1.807, 2.05) is 12.1 Å². The molecule has 3 rings (SSSR count). The predicted octanol–water partition coefficient (Wildman–Crippen LogP) is 3.35. The van der Waals surface area contributed by atoms with Gasteiger partial charge < -0.3 is 10.6 Å². The summed E-state index contributed by atoms with van der Waals surface area (Å²) in [6, 6.07) is 6.90. The van der Waals surface area contributed by atoms with Crippen LogP contribution >= 0.6 is 11.6 Å². The van der Waals surface area contributed by atoms with E-state index >= 15 is 0 Å². The number of fused-ring (bicyclic) bond motifs is 2.